The maximum atomic E-state index is 11.1. The van der Waals surface area contributed by atoms with Crippen molar-refractivity contribution >= 4 is 18.6 Å². The van der Waals surface area contributed by atoms with Gasteiger partial charge in [0.05, 0.1) is 0 Å². The molecule has 0 aromatic heterocycles. The Morgan fingerprint density at radius 1 is 1.35 bits per heavy atom. The number of hydrogen-bond acceptors (Lipinski definition) is 4. The van der Waals surface area contributed by atoms with E-state index in [-0.39, 0.29) is 6.42 Å². The number of nitrogens with two attached hydrogens (primary N) is 1. The fourth-order valence-corrected chi connectivity index (χ4v) is 2.18. The summed E-state index contributed by atoms with van der Waals surface area (Å²) >= 11 is 0. The van der Waals surface area contributed by atoms with Crippen molar-refractivity contribution in [3.8, 4) is 0 Å². The molecule has 0 spiro atoms. The van der Waals surface area contributed by atoms with Gasteiger partial charge in [0.25, 0.3) is 0 Å². The normalized spacial score (nSPS) is 23.0. The first kappa shape index (κ1) is 12.1. The molecule has 0 aliphatic heterocycles. The minimum Gasteiger partial charge on any atom is -0.480 e. The van der Waals surface area contributed by atoms with Crippen LogP contribution in [0.4, 0.5) is 0 Å². The standard InChI is InChI=1S/C11H14BNO4/c13-11(10(14)15)4-3-7-5-9(12(16)17)2-1-8(7)6-11/h1-2,5,16-17H,3-4,6,13H2,(H,14,15). The van der Waals surface area contributed by atoms with Gasteiger partial charge in [-0.25, -0.2) is 0 Å². The minimum absolute atomic E-state index is 0.277. The lowest BCUT2D eigenvalue weighted by molar-refractivity contribution is -0.143. The molecule has 0 bridgehead atoms. The highest BCUT2D eigenvalue weighted by Gasteiger charge is 2.37. The topological polar surface area (TPSA) is 104 Å². The Morgan fingerprint density at radius 2 is 2.06 bits per heavy atom. The zero-order chi connectivity index (χ0) is 12.6. The third-order valence-corrected chi connectivity index (χ3v) is 3.30. The van der Waals surface area contributed by atoms with Crippen LogP contribution in [0.3, 0.4) is 0 Å². The molecule has 1 aliphatic carbocycles. The molecule has 0 radical (unpaired) electrons. The van der Waals surface area contributed by atoms with E-state index in [1.54, 1.807) is 18.2 Å². The van der Waals surface area contributed by atoms with E-state index in [2.05, 4.69) is 0 Å². The van der Waals surface area contributed by atoms with Crippen molar-refractivity contribution < 1.29 is 19.9 Å². The summed E-state index contributed by atoms with van der Waals surface area (Å²) in [6.45, 7) is 0. The van der Waals surface area contributed by atoms with Gasteiger partial charge in [0.15, 0.2) is 0 Å². The number of carbonyl (C=O) groups is 1. The van der Waals surface area contributed by atoms with Crippen molar-refractivity contribution in [2.75, 3.05) is 0 Å². The molecule has 0 heterocycles. The molecule has 1 atom stereocenters. The Morgan fingerprint density at radius 3 is 2.65 bits per heavy atom. The van der Waals surface area contributed by atoms with Gasteiger partial charge < -0.3 is 20.9 Å². The summed E-state index contributed by atoms with van der Waals surface area (Å²) in [6.07, 6.45) is 1.18. The van der Waals surface area contributed by atoms with E-state index in [9.17, 15) is 4.79 Å². The molecule has 1 aromatic rings. The van der Waals surface area contributed by atoms with Crippen LogP contribution in [0.15, 0.2) is 18.2 Å². The van der Waals surface area contributed by atoms with Crippen LogP contribution in [0.5, 0.6) is 0 Å². The summed E-state index contributed by atoms with van der Waals surface area (Å²) in [5.41, 5.74) is 6.84. The van der Waals surface area contributed by atoms with E-state index < -0.39 is 18.6 Å². The summed E-state index contributed by atoms with van der Waals surface area (Å²) in [5.74, 6) is -0.991. The molecule has 5 nitrogen and oxygen atoms in total. The highest BCUT2D eigenvalue weighted by molar-refractivity contribution is 6.58. The molecule has 1 aliphatic rings. The average Bonchev–Trinajstić information content (AvgIpc) is 2.28. The smallest absolute Gasteiger partial charge is 0.480 e. The number of benzene rings is 1. The monoisotopic (exact) mass is 235 g/mol. The fourth-order valence-electron chi connectivity index (χ4n) is 2.18. The van der Waals surface area contributed by atoms with Crippen molar-refractivity contribution in [2.24, 2.45) is 5.73 Å². The summed E-state index contributed by atoms with van der Waals surface area (Å²) in [6, 6.07) is 4.99. The number of rotatable bonds is 2. The molecular weight excluding hydrogens is 221 g/mol. The SMILES string of the molecule is NC1(C(=O)O)CCc2cc(B(O)O)ccc2C1. The predicted molar refractivity (Wildman–Crippen MR) is 62.8 cm³/mol. The van der Waals surface area contributed by atoms with Crippen molar-refractivity contribution in [2.45, 2.75) is 24.8 Å². The molecule has 1 aromatic carbocycles. The fraction of sp³-hybridized carbons (Fsp3) is 0.364. The Labute approximate surface area is 99.0 Å². The van der Waals surface area contributed by atoms with Gasteiger partial charge in [0.2, 0.25) is 0 Å². The van der Waals surface area contributed by atoms with Crippen molar-refractivity contribution in [1.82, 2.24) is 0 Å². The van der Waals surface area contributed by atoms with Crippen LogP contribution >= 0.6 is 0 Å². The third-order valence-electron chi connectivity index (χ3n) is 3.30. The highest BCUT2D eigenvalue weighted by Crippen LogP contribution is 2.26. The number of carboxylic acids is 1. The second kappa shape index (κ2) is 4.14. The van der Waals surface area contributed by atoms with E-state index in [1.165, 1.54) is 0 Å². The Balaban J connectivity index is 2.32. The van der Waals surface area contributed by atoms with E-state index in [1.807, 2.05) is 0 Å². The molecule has 0 fully saturated rings. The number of aryl methyl sites for hydroxylation is 1. The first-order valence-electron chi connectivity index (χ1n) is 5.42. The summed E-state index contributed by atoms with van der Waals surface area (Å²) in [5, 5.41) is 27.2. The number of carboxylic acid groups (broad SMARTS) is 1. The van der Waals surface area contributed by atoms with Crippen LogP contribution in [-0.4, -0.2) is 33.8 Å². The second-order valence-electron chi connectivity index (χ2n) is 4.54. The lowest BCUT2D eigenvalue weighted by Gasteiger charge is -2.31. The molecule has 17 heavy (non-hydrogen) atoms. The summed E-state index contributed by atoms with van der Waals surface area (Å²) in [7, 11) is -1.50. The molecule has 1 unspecified atom stereocenters. The minimum atomic E-state index is -1.50. The van der Waals surface area contributed by atoms with Gasteiger partial charge in [-0.2, -0.15) is 0 Å². The van der Waals surface area contributed by atoms with Crippen molar-refractivity contribution in [3.63, 3.8) is 0 Å². The number of fused-ring (bicyclic) bond motifs is 1. The zero-order valence-electron chi connectivity index (χ0n) is 9.26. The molecule has 0 saturated carbocycles. The van der Waals surface area contributed by atoms with Gasteiger partial charge in [-0.15, -0.1) is 0 Å². The third kappa shape index (κ3) is 2.19. The average molecular weight is 235 g/mol. The summed E-state index contributed by atoms with van der Waals surface area (Å²) < 4.78 is 0. The highest BCUT2D eigenvalue weighted by atomic mass is 16.4. The van der Waals surface area contributed by atoms with E-state index >= 15 is 0 Å². The quantitative estimate of drug-likeness (QED) is 0.474. The van der Waals surface area contributed by atoms with Crippen LogP contribution in [0.1, 0.15) is 17.5 Å². The predicted octanol–water partition coefficient (Wildman–Crippen LogP) is -1.36. The number of hydrogen-bond donors (Lipinski definition) is 4. The van der Waals surface area contributed by atoms with E-state index in [0.29, 0.717) is 18.3 Å². The Bertz CT molecular complexity index is 463. The van der Waals surface area contributed by atoms with Gasteiger partial charge in [-0.1, -0.05) is 18.2 Å². The zero-order valence-corrected chi connectivity index (χ0v) is 9.26. The van der Waals surface area contributed by atoms with E-state index in [4.69, 9.17) is 20.9 Å². The van der Waals surface area contributed by atoms with Crippen LogP contribution in [-0.2, 0) is 17.6 Å². The lowest BCUT2D eigenvalue weighted by Crippen LogP contribution is -2.52. The van der Waals surface area contributed by atoms with Gasteiger partial charge in [-0.3, -0.25) is 4.79 Å². The Kier molecular flexibility index (Phi) is 2.95. The molecule has 0 amide bonds. The lowest BCUT2D eigenvalue weighted by atomic mass is 9.73. The van der Waals surface area contributed by atoms with E-state index in [0.717, 1.165) is 11.1 Å². The Hall–Kier alpha value is -1.37. The van der Waals surface area contributed by atoms with Gasteiger partial charge in [0.1, 0.15) is 5.54 Å². The molecule has 2 rings (SSSR count). The molecule has 90 valence electrons. The second-order valence-corrected chi connectivity index (χ2v) is 4.54. The maximum absolute atomic E-state index is 11.1. The largest absolute Gasteiger partial charge is 0.488 e. The first-order valence-corrected chi connectivity index (χ1v) is 5.42. The number of aliphatic carboxylic acids is 1. The maximum Gasteiger partial charge on any atom is 0.488 e. The van der Waals surface area contributed by atoms with Crippen molar-refractivity contribution in [3.05, 3.63) is 29.3 Å². The molecule has 6 heteroatoms. The van der Waals surface area contributed by atoms with Crippen LogP contribution in [0, 0.1) is 0 Å². The van der Waals surface area contributed by atoms with Crippen LogP contribution in [0.25, 0.3) is 0 Å². The van der Waals surface area contributed by atoms with Gasteiger partial charge in [0, 0.05) is 6.42 Å². The molecule has 0 saturated heterocycles. The molecular formula is C11H14BNO4. The van der Waals surface area contributed by atoms with Gasteiger partial charge in [-0.05, 0) is 29.4 Å². The van der Waals surface area contributed by atoms with Gasteiger partial charge >= 0.3 is 13.1 Å². The van der Waals surface area contributed by atoms with Crippen LogP contribution < -0.4 is 11.2 Å². The van der Waals surface area contributed by atoms with Crippen molar-refractivity contribution in [1.29, 1.82) is 0 Å². The summed E-state index contributed by atoms with van der Waals surface area (Å²) in [4.78, 5) is 11.1. The van der Waals surface area contributed by atoms with Crippen LogP contribution in [0.2, 0.25) is 0 Å². The first-order chi connectivity index (χ1) is 7.92. The molecule has 5 N–H and O–H groups in total.